The van der Waals surface area contributed by atoms with Gasteiger partial charge in [0.15, 0.2) is 0 Å². The summed E-state index contributed by atoms with van der Waals surface area (Å²) in [6.07, 6.45) is 2.57. The average molecular weight is 274 g/mol. The number of allylic oxidation sites excluding steroid dienone is 1. The first-order chi connectivity index (χ1) is 9.66. The van der Waals surface area contributed by atoms with Gasteiger partial charge in [0.25, 0.3) is 0 Å². The summed E-state index contributed by atoms with van der Waals surface area (Å²) >= 11 is 0. The second-order valence-corrected chi connectivity index (χ2v) is 5.13. The topological polar surface area (TPSA) is 35.5 Å². The molecule has 2 rings (SSSR count). The SMILES string of the molecule is CCO/C=C(\C)[C@@H]1C[C@]1(C(=O)OCC)c1ccccc1. The molecule has 0 unspecified atom stereocenters. The van der Waals surface area contributed by atoms with Crippen LogP contribution in [0.5, 0.6) is 0 Å². The molecule has 1 fully saturated rings. The molecular weight excluding hydrogens is 252 g/mol. The lowest BCUT2D eigenvalue weighted by Crippen LogP contribution is -2.26. The van der Waals surface area contributed by atoms with E-state index in [-0.39, 0.29) is 11.9 Å². The van der Waals surface area contributed by atoms with Gasteiger partial charge in [-0.05, 0) is 38.3 Å². The molecule has 0 bridgehead atoms. The summed E-state index contributed by atoms with van der Waals surface area (Å²) in [5.74, 6) is 0.0518. The van der Waals surface area contributed by atoms with Crippen molar-refractivity contribution in [2.24, 2.45) is 5.92 Å². The zero-order chi connectivity index (χ0) is 14.6. The summed E-state index contributed by atoms with van der Waals surface area (Å²) in [6.45, 7) is 6.86. The van der Waals surface area contributed by atoms with Crippen LogP contribution in [0.3, 0.4) is 0 Å². The molecule has 1 aromatic rings. The van der Waals surface area contributed by atoms with E-state index in [0.717, 1.165) is 17.6 Å². The molecule has 0 N–H and O–H groups in total. The van der Waals surface area contributed by atoms with Crippen molar-refractivity contribution in [3.8, 4) is 0 Å². The maximum atomic E-state index is 12.4. The van der Waals surface area contributed by atoms with Gasteiger partial charge in [0.1, 0.15) is 5.41 Å². The molecule has 0 radical (unpaired) electrons. The standard InChI is InChI=1S/C17H22O3/c1-4-19-12-13(3)15-11-17(15,16(18)20-5-2)14-9-7-6-8-10-14/h6-10,12,15H,4-5,11H2,1-3H3/b13-12+/t15-,17-/m0/s1. The minimum atomic E-state index is -0.519. The minimum Gasteiger partial charge on any atom is -0.502 e. The molecule has 0 aromatic heterocycles. The number of rotatable bonds is 6. The molecule has 0 amide bonds. The maximum Gasteiger partial charge on any atom is 0.317 e. The predicted octanol–water partition coefficient (Wildman–Crippen LogP) is 3.45. The van der Waals surface area contributed by atoms with Crippen molar-refractivity contribution in [3.05, 3.63) is 47.7 Å². The van der Waals surface area contributed by atoms with E-state index in [4.69, 9.17) is 9.47 Å². The van der Waals surface area contributed by atoms with Crippen molar-refractivity contribution in [2.75, 3.05) is 13.2 Å². The van der Waals surface area contributed by atoms with Gasteiger partial charge in [0.2, 0.25) is 0 Å². The van der Waals surface area contributed by atoms with Gasteiger partial charge in [-0.25, -0.2) is 0 Å². The van der Waals surface area contributed by atoms with E-state index in [0.29, 0.717) is 13.2 Å². The van der Waals surface area contributed by atoms with Crippen LogP contribution in [-0.4, -0.2) is 19.2 Å². The van der Waals surface area contributed by atoms with Crippen LogP contribution in [-0.2, 0) is 19.7 Å². The predicted molar refractivity (Wildman–Crippen MR) is 78.2 cm³/mol. The summed E-state index contributed by atoms with van der Waals surface area (Å²) in [5, 5.41) is 0. The summed E-state index contributed by atoms with van der Waals surface area (Å²) in [5.41, 5.74) is 1.62. The van der Waals surface area contributed by atoms with Crippen molar-refractivity contribution in [2.45, 2.75) is 32.6 Å². The zero-order valence-electron chi connectivity index (χ0n) is 12.4. The van der Waals surface area contributed by atoms with Crippen LogP contribution >= 0.6 is 0 Å². The molecule has 1 aromatic carbocycles. The van der Waals surface area contributed by atoms with Crippen LogP contribution in [0, 0.1) is 5.92 Å². The van der Waals surface area contributed by atoms with E-state index in [1.807, 2.05) is 51.1 Å². The number of carbonyl (C=O) groups is 1. The van der Waals surface area contributed by atoms with Gasteiger partial charge in [-0.15, -0.1) is 0 Å². The molecule has 2 atom stereocenters. The molecule has 20 heavy (non-hydrogen) atoms. The van der Waals surface area contributed by atoms with Crippen molar-refractivity contribution < 1.29 is 14.3 Å². The highest BCUT2D eigenvalue weighted by Gasteiger charge is 2.62. The Kier molecular flexibility index (Phi) is 4.48. The second-order valence-electron chi connectivity index (χ2n) is 5.13. The number of hydrogen-bond donors (Lipinski definition) is 0. The zero-order valence-corrected chi connectivity index (χ0v) is 12.4. The molecule has 1 saturated carbocycles. The Labute approximate surface area is 120 Å². The minimum absolute atomic E-state index is 0.125. The molecule has 1 aliphatic rings. The fourth-order valence-electron chi connectivity index (χ4n) is 2.77. The Morgan fingerprint density at radius 3 is 2.60 bits per heavy atom. The smallest absolute Gasteiger partial charge is 0.317 e. The fourth-order valence-corrected chi connectivity index (χ4v) is 2.77. The van der Waals surface area contributed by atoms with Gasteiger partial charge >= 0.3 is 5.97 Å². The van der Waals surface area contributed by atoms with E-state index >= 15 is 0 Å². The van der Waals surface area contributed by atoms with Crippen LogP contribution in [0.4, 0.5) is 0 Å². The Bertz CT molecular complexity index is 492. The van der Waals surface area contributed by atoms with Gasteiger partial charge in [-0.3, -0.25) is 4.79 Å². The number of benzene rings is 1. The Hall–Kier alpha value is -1.77. The van der Waals surface area contributed by atoms with Crippen molar-refractivity contribution >= 4 is 5.97 Å². The van der Waals surface area contributed by atoms with Gasteiger partial charge in [0, 0.05) is 5.92 Å². The molecule has 0 aliphatic heterocycles. The number of esters is 1. The number of carbonyl (C=O) groups excluding carboxylic acids is 1. The highest BCUT2D eigenvalue weighted by atomic mass is 16.5. The van der Waals surface area contributed by atoms with Crippen molar-refractivity contribution in [1.82, 2.24) is 0 Å². The molecule has 108 valence electrons. The maximum absolute atomic E-state index is 12.4. The van der Waals surface area contributed by atoms with Gasteiger partial charge < -0.3 is 9.47 Å². The summed E-state index contributed by atoms with van der Waals surface area (Å²) in [6, 6.07) is 9.90. The van der Waals surface area contributed by atoms with E-state index in [1.54, 1.807) is 6.26 Å². The fraction of sp³-hybridized carbons (Fsp3) is 0.471. The Balaban J connectivity index is 2.28. The van der Waals surface area contributed by atoms with Gasteiger partial charge in [-0.2, -0.15) is 0 Å². The van der Waals surface area contributed by atoms with E-state index in [2.05, 4.69) is 0 Å². The van der Waals surface area contributed by atoms with Crippen molar-refractivity contribution in [3.63, 3.8) is 0 Å². The molecule has 3 nitrogen and oxygen atoms in total. The Morgan fingerprint density at radius 1 is 1.30 bits per heavy atom. The third kappa shape index (κ3) is 2.58. The van der Waals surface area contributed by atoms with E-state index < -0.39 is 5.41 Å². The van der Waals surface area contributed by atoms with Crippen LogP contribution in [0.25, 0.3) is 0 Å². The lowest BCUT2D eigenvalue weighted by atomic mass is 9.91. The lowest BCUT2D eigenvalue weighted by Gasteiger charge is -2.17. The molecule has 0 heterocycles. The second kappa shape index (κ2) is 6.12. The number of hydrogen-bond acceptors (Lipinski definition) is 3. The lowest BCUT2D eigenvalue weighted by molar-refractivity contribution is -0.146. The quantitative estimate of drug-likeness (QED) is 0.589. The monoisotopic (exact) mass is 274 g/mol. The van der Waals surface area contributed by atoms with Gasteiger partial charge in [0.05, 0.1) is 19.5 Å². The molecular formula is C17H22O3. The van der Waals surface area contributed by atoms with Crippen LogP contribution in [0.1, 0.15) is 32.8 Å². The van der Waals surface area contributed by atoms with Gasteiger partial charge in [-0.1, -0.05) is 30.3 Å². The first kappa shape index (κ1) is 14.6. The molecule has 3 heteroatoms. The van der Waals surface area contributed by atoms with Crippen LogP contribution < -0.4 is 0 Å². The molecule has 0 spiro atoms. The molecule has 0 saturated heterocycles. The first-order valence-corrected chi connectivity index (χ1v) is 7.17. The highest BCUT2D eigenvalue weighted by Crippen LogP contribution is 2.58. The summed E-state index contributed by atoms with van der Waals surface area (Å²) in [4.78, 5) is 12.4. The third-order valence-electron chi connectivity index (χ3n) is 3.87. The van der Waals surface area contributed by atoms with E-state index in [1.165, 1.54) is 0 Å². The third-order valence-corrected chi connectivity index (χ3v) is 3.87. The first-order valence-electron chi connectivity index (χ1n) is 7.17. The summed E-state index contributed by atoms with van der Waals surface area (Å²) < 4.78 is 10.7. The molecule has 1 aliphatic carbocycles. The normalized spacial score (nSPS) is 25.1. The van der Waals surface area contributed by atoms with Crippen LogP contribution in [0.2, 0.25) is 0 Å². The summed E-state index contributed by atoms with van der Waals surface area (Å²) in [7, 11) is 0. The average Bonchev–Trinajstić information content (AvgIpc) is 3.23. The Morgan fingerprint density at radius 2 is 2.00 bits per heavy atom. The highest BCUT2D eigenvalue weighted by molar-refractivity contribution is 5.88. The largest absolute Gasteiger partial charge is 0.502 e. The van der Waals surface area contributed by atoms with E-state index in [9.17, 15) is 4.79 Å². The van der Waals surface area contributed by atoms with Crippen molar-refractivity contribution in [1.29, 1.82) is 0 Å². The number of ether oxygens (including phenoxy) is 2. The van der Waals surface area contributed by atoms with Crippen LogP contribution in [0.15, 0.2) is 42.2 Å².